The van der Waals surface area contributed by atoms with Gasteiger partial charge in [-0.2, -0.15) is 0 Å². The lowest BCUT2D eigenvalue weighted by Crippen LogP contribution is -2.00. The number of ether oxygens (including phenoxy) is 1. The number of nitrogens with zero attached hydrogens (tertiary/aromatic N) is 1. The van der Waals surface area contributed by atoms with Gasteiger partial charge in [0.2, 0.25) is 0 Å². The zero-order valence-electron chi connectivity index (χ0n) is 11.9. The highest BCUT2D eigenvalue weighted by molar-refractivity contribution is 6.17. The van der Waals surface area contributed by atoms with E-state index in [0.717, 1.165) is 22.3 Å². The van der Waals surface area contributed by atoms with E-state index in [2.05, 4.69) is 6.07 Å². The molecule has 0 radical (unpaired) electrons. The molecule has 21 heavy (non-hydrogen) atoms. The van der Waals surface area contributed by atoms with E-state index >= 15 is 0 Å². The van der Waals surface area contributed by atoms with Crippen LogP contribution >= 0.6 is 11.6 Å². The fourth-order valence-corrected chi connectivity index (χ4v) is 2.39. The third-order valence-electron chi connectivity index (χ3n) is 3.05. The molecule has 0 N–H and O–H groups in total. The topological polar surface area (TPSA) is 52.4 Å². The van der Waals surface area contributed by atoms with Crippen molar-refractivity contribution in [2.75, 3.05) is 0 Å². The molecule has 0 saturated carbocycles. The van der Waals surface area contributed by atoms with Gasteiger partial charge in [-0.05, 0) is 31.0 Å². The van der Waals surface area contributed by atoms with Crippen LogP contribution in [0, 0.1) is 24.0 Å². The number of alkyl halides is 1. The minimum atomic E-state index is -0.450. The number of hydrogen-bond donors (Lipinski definition) is 0. The average molecular weight is 306 g/mol. The molecule has 4 nitrogen and oxygen atoms in total. The minimum absolute atomic E-state index is 0.0479. The molecule has 2 aromatic rings. The van der Waals surface area contributed by atoms with Crippen molar-refractivity contribution in [3.8, 4) is 5.75 Å². The van der Waals surface area contributed by atoms with Gasteiger partial charge < -0.3 is 4.74 Å². The van der Waals surface area contributed by atoms with Crippen molar-refractivity contribution in [1.82, 2.24) is 0 Å². The number of aryl methyl sites for hydroxylation is 2. The third-order valence-corrected chi connectivity index (χ3v) is 3.36. The van der Waals surface area contributed by atoms with E-state index in [-0.39, 0.29) is 23.9 Å². The molecular weight excluding hydrogens is 290 g/mol. The van der Waals surface area contributed by atoms with Crippen LogP contribution in [-0.2, 0) is 12.5 Å². The van der Waals surface area contributed by atoms with Crippen molar-refractivity contribution in [3.63, 3.8) is 0 Å². The van der Waals surface area contributed by atoms with Gasteiger partial charge in [0.05, 0.1) is 4.92 Å². The Morgan fingerprint density at radius 1 is 1.10 bits per heavy atom. The molecule has 5 heteroatoms. The van der Waals surface area contributed by atoms with Gasteiger partial charge in [-0.15, -0.1) is 11.6 Å². The highest BCUT2D eigenvalue weighted by Gasteiger charge is 2.15. The molecule has 0 bridgehead atoms. The molecule has 0 fully saturated rings. The summed E-state index contributed by atoms with van der Waals surface area (Å²) in [6.07, 6.45) is 0. The zero-order chi connectivity index (χ0) is 15.4. The normalized spacial score (nSPS) is 10.4. The van der Waals surface area contributed by atoms with Crippen LogP contribution in [0.2, 0.25) is 0 Å². The Kier molecular flexibility index (Phi) is 4.81. The van der Waals surface area contributed by atoms with Crippen molar-refractivity contribution >= 4 is 17.3 Å². The second kappa shape index (κ2) is 6.59. The van der Waals surface area contributed by atoms with E-state index in [1.54, 1.807) is 12.1 Å². The Balaban J connectivity index is 2.23. The molecule has 0 aromatic heterocycles. The molecule has 0 aliphatic carbocycles. The Hall–Kier alpha value is -2.07. The Labute approximate surface area is 128 Å². The molecule has 0 unspecified atom stereocenters. The van der Waals surface area contributed by atoms with Crippen LogP contribution in [0.3, 0.4) is 0 Å². The first kappa shape index (κ1) is 15.3. The van der Waals surface area contributed by atoms with Gasteiger partial charge in [0, 0.05) is 11.9 Å². The SMILES string of the molecule is Cc1cc(C)cc(COc2cc(CCl)ccc2[N+](=O)[O-])c1. The summed E-state index contributed by atoms with van der Waals surface area (Å²) in [5.74, 6) is 0.537. The van der Waals surface area contributed by atoms with Gasteiger partial charge in [0.1, 0.15) is 6.61 Å². The van der Waals surface area contributed by atoms with Gasteiger partial charge >= 0.3 is 5.69 Å². The molecule has 0 aliphatic heterocycles. The molecule has 0 atom stereocenters. The van der Waals surface area contributed by atoms with E-state index in [0.29, 0.717) is 0 Å². The quantitative estimate of drug-likeness (QED) is 0.463. The number of hydrogen-bond acceptors (Lipinski definition) is 3. The van der Waals surface area contributed by atoms with Gasteiger partial charge in [-0.25, -0.2) is 0 Å². The van der Waals surface area contributed by atoms with Crippen LogP contribution in [0.25, 0.3) is 0 Å². The predicted octanol–water partition coefficient (Wildman–Crippen LogP) is 4.53. The van der Waals surface area contributed by atoms with E-state index in [1.165, 1.54) is 6.07 Å². The summed E-state index contributed by atoms with van der Waals surface area (Å²) in [5, 5.41) is 11.0. The Morgan fingerprint density at radius 2 is 1.76 bits per heavy atom. The number of halogens is 1. The van der Waals surface area contributed by atoms with Crippen LogP contribution in [0.15, 0.2) is 36.4 Å². The minimum Gasteiger partial charge on any atom is -0.482 e. The van der Waals surface area contributed by atoms with Crippen molar-refractivity contribution in [3.05, 3.63) is 68.8 Å². The van der Waals surface area contributed by atoms with Crippen LogP contribution < -0.4 is 4.74 Å². The molecule has 110 valence electrons. The fraction of sp³-hybridized carbons (Fsp3) is 0.250. The highest BCUT2D eigenvalue weighted by Crippen LogP contribution is 2.29. The van der Waals surface area contributed by atoms with Crippen LogP contribution in [0.1, 0.15) is 22.3 Å². The zero-order valence-corrected chi connectivity index (χ0v) is 12.7. The van der Waals surface area contributed by atoms with Gasteiger partial charge in [-0.3, -0.25) is 10.1 Å². The summed E-state index contributed by atoms with van der Waals surface area (Å²) in [4.78, 5) is 10.6. The lowest BCUT2D eigenvalue weighted by atomic mass is 10.1. The van der Waals surface area contributed by atoms with Gasteiger partial charge in [-0.1, -0.05) is 35.4 Å². The summed E-state index contributed by atoms with van der Waals surface area (Å²) >= 11 is 5.76. The molecule has 0 amide bonds. The Morgan fingerprint density at radius 3 is 2.33 bits per heavy atom. The van der Waals surface area contributed by atoms with Gasteiger partial charge in [0.25, 0.3) is 0 Å². The smallest absolute Gasteiger partial charge is 0.310 e. The van der Waals surface area contributed by atoms with Crippen LogP contribution in [0.4, 0.5) is 5.69 Å². The lowest BCUT2D eigenvalue weighted by Gasteiger charge is -2.09. The predicted molar refractivity (Wildman–Crippen MR) is 82.9 cm³/mol. The first-order valence-corrected chi connectivity index (χ1v) is 7.06. The summed E-state index contributed by atoms with van der Waals surface area (Å²) in [7, 11) is 0. The van der Waals surface area contributed by atoms with E-state index in [1.807, 2.05) is 26.0 Å². The molecule has 0 aliphatic rings. The van der Waals surface area contributed by atoms with E-state index < -0.39 is 4.92 Å². The van der Waals surface area contributed by atoms with Crippen molar-refractivity contribution < 1.29 is 9.66 Å². The Bertz CT molecular complexity index is 650. The second-order valence-corrected chi connectivity index (χ2v) is 5.24. The first-order chi connectivity index (χ1) is 9.99. The monoisotopic (exact) mass is 305 g/mol. The highest BCUT2D eigenvalue weighted by atomic mass is 35.5. The van der Waals surface area contributed by atoms with Crippen molar-refractivity contribution in [1.29, 1.82) is 0 Å². The number of rotatable bonds is 5. The summed E-state index contributed by atoms with van der Waals surface area (Å²) in [5.41, 5.74) is 4.00. The molecule has 2 aromatic carbocycles. The molecule has 0 heterocycles. The summed E-state index contributed by atoms with van der Waals surface area (Å²) in [6.45, 7) is 4.30. The molecule has 0 saturated heterocycles. The average Bonchev–Trinajstić information content (AvgIpc) is 2.43. The van der Waals surface area contributed by atoms with Crippen LogP contribution in [0.5, 0.6) is 5.75 Å². The fourth-order valence-electron chi connectivity index (χ4n) is 2.22. The first-order valence-electron chi connectivity index (χ1n) is 6.53. The second-order valence-electron chi connectivity index (χ2n) is 4.98. The standard InChI is InChI=1S/C16H16ClNO3/c1-11-5-12(2)7-14(6-11)10-21-16-8-13(9-17)3-4-15(16)18(19)20/h3-8H,9-10H2,1-2H3. The maximum Gasteiger partial charge on any atom is 0.310 e. The van der Waals surface area contributed by atoms with Crippen LogP contribution in [-0.4, -0.2) is 4.92 Å². The maximum absolute atomic E-state index is 11.0. The van der Waals surface area contributed by atoms with Gasteiger partial charge in [0.15, 0.2) is 5.75 Å². The van der Waals surface area contributed by atoms with Crippen molar-refractivity contribution in [2.24, 2.45) is 0 Å². The largest absolute Gasteiger partial charge is 0.482 e. The molecular formula is C16H16ClNO3. The molecule has 0 spiro atoms. The summed E-state index contributed by atoms with van der Waals surface area (Å²) in [6, 6.07) is 10.8. The lowest BCUT2D eigenvalue weighted by molar-refractivity contribution is -0.386. The number of nitro groups is 1. The van der Waals surface area contributed by atoms with E-state index in [4.69, 9.17) is 16.3 Å². The van der Waals surface area contributed by atoms with Crippen molar-refractivity contribution in [2.45, 2.75) is 26.3 Å². The molecule has 2 rings (SSSR count). The summed E-state index contributed by atoms with van der Waals surface area (Å²) < 4.78 is 5.64. The third kappa shape index (κ3) is 3.95. The number of nitro benzene ring substituents is 1. The number of benzene rings is 2. The van der Waals surface area contributed by atoms with E-state index in [9.17, 15) is 10.1 Å². The maximum atomic E-state index is 11.0.